The van der Waals surface area contributed by atoms with Crippen LogP contribution >= 0.6 is 15.9 Å². The Morgan fingerprint density at radius 1 is 1.39 bits per heavy atom. The molecule has 0 saturated carbocycles. The van der Waals surface area contributed by atoms with E-state index in [-0.39, 0.29) is 10.9 Å². The summed E-state index contributed by atoms with van der Waals surface area (Å²) in [5.41, 5.74) is -1.65. The summed E-state index contributed by atoms with van der Waals surface area (Å²) in [7, 11) is 1.20. The number of hydrogen-bond acceptors (Lipinski definition) is 1. The Balaban J connectivity index is 2.97. The van der Waals surface area contributed by atoms with Crippen LogP contribution < -0.4 is 0 Å². The van der Waals surface area contributed by atoms with Crippen molar-refractivity contribution in [2.75, 3.05) is 0 Å². The zero-order valence-corrected chi connectivity index (χ0v) is 10.6. The molecule has 3 nitrogen and oxygen atoms in total. The molecule has 1 N–H and O–H groups in total. The number of carboxylic acid groups (broad SMARTS) is 1. The van der Waals surface area contributed by atoms with Crippen LogP contribution in [0.5, 0.6) is 0 Å². The largest absolute Gasteiger partial charge is 0.478 e. The molecule has 1 aromatic carbocycles. The lowest BCUT2D eigenvalue weighted by Crippen LogP contribution is -2.15. The van der Waals surface area contributed by atoms with Crippen LogP contribution in [0.2, 0.25) is 0 Å². The minimum atomic E-state index is -4.71. The highest BCUT2D eigenvalue weighted by Gasteiger charge is 2.40. The number of benzene rings is 1. The van der Waals surface area contributed by atoms with Crippen molar-refractivity contribution in [1.82, 2.24) is 4.57 Å². The van der Waals surface area contributed by atoms with Gasteiger partial charge >= 0.3 is 12.1 Å². The normalized spacial score (nSPS) is 12.1. The van der Waals surface area contributed by atoms with E-state index in [9.17, 15) is 18.0 Å². The van der Waals surface area contributed by atoms with E-state index in [1.807, 2.05) is 0 Å². The fourth-order valence-electron chi connectivity index (χ4n) is 1.97. The Morgan fingerprint density at radius 3 is 2.50 bits per heavy atom. The highest BCUT2D eigenvalue weighted by atomic mass is 79.9. The Kier molecular flexibility index (Phi) is 2.89. The molecule has 7 heteroatoms. The van der Waals surface area contributed by atoms with Gasteiger partial charge < -0.3 is 9.67 Å². The Labute approximate surface area is 108 Å². The molecule has 0 bridgehead atoms. The maximum absolute atomic E-state index is 12.9. The van der Waals surface area contributed by atoms with Crippen molar-refractivity contribution >= 4 is 32.8 Å². The van der Waals surface area contributed by atoms with Gasteiger partial charge in [0.25, 0.3) is 0 Å². The fraction of sp³-hybridized carbons (Fsp3) is 0.182. The molecule has 1 aromatic heterocycles. The van der Waals surface area contributed by atoms with Gasteiger partial charge in [-0.2, -0.15) is 13.2 Å². The lowest BCUT2D eigenvalue weighted by Gasteiger charge is -2.09. The van der Waals surface area contributed by atoms with E-state index in [4.69, 9.17) is 5.11 Å². The maximum atomic E-state index is 12.9. The van der Waals surface area contributed by atoms with Crippen molar-refractivity contribution in [3.63, 3.8) is 0 Å². The van der Waals surface area contributed by atoms with Crippen LogP contribution in [0, 0.1) is 0 Å². The molecule has 0 amide bonds. The second-order valence-electron chi connectivity index (χ2n) is 3.75. The van der Waals surface area contributed by atoms with Crippen molar-refractivity contribution < 1.29 is 23.1 Å². The molecular formula is C11H7BrF3NO2. The minimum Gasteiger partial charge on any atom is -0.478 e. The highest BCUT2D eigenvalue weighted by Crippen LogP contribution is 2.38. The van der Waals surface area contributed by atoms with Gasteiger partial charge in [-0.1, -0.05) is 15.9 Å². The molecule has 0 aliphatic heterocycles. The standard InChI is InChI=1S/C11H7BrF3NO2/c1-16-7-3-2-5(12)4-6(7)8(10(17)18)9(16)11(13,14)15/h2-4H,1H3,(H,17,18). The monoisotopic (exact) mass is 321 g/mol. The molecule has 2 aromatic rings. The lowest BCUT2D eigenvalue weighted by atomic mass is 10.1. The van der Waals surface area contributed by atoms with E-state index in [2.05, 4.69) is 15.9 Å². The summed E-state index contributed by atoms with van der Waals surface area (Å²) >= 11 is 3.12. The second kappa shape index (κ2) is 4.01. The average molecular weight is 322 g/mol. The number of halogens is 4. The minimum absolute atomic E-state index is 0.0618. The van der Waals surface area contributed by atoms with Gasteiger partial charge in [0.1, 0.15) is 5.69 Å². The van der Waals surface area contributed by atoms with Gasteiger partial charge in [-0.15, -0.1) is 0 Å². The van der Waals surface area contributed by atoms with Gasteiger partial charge in [0.15, 0.2) is 0 Å². The van der Waals surface area contributed by atoms with E-state index >= 15 is 0 Å². The quantitative estimate of drug-likeness (QED) is 0.871. The maximum Gasteiger partial charge on any atom is 0.432 e. The predicted octanol–water partition coefficient (Wildman–Crippen LogP) is 3.66. The van der Waals surface area contributed by atoms with Crippen molar-refractivity contribution in [2.24, 2.45) is 7.05 Å². The van der Waals surface area contributed by atoms with Crippen LogP contribution in [-0.2, 0) is 13.2 Å². The first-order valence-electron chi connectivity index (χ1n) is 4.82. The average Bonchev–Trinajstić information content (AvgIpc) is 2.50. The smallest absolute Gasteiger partial charge is 0.432 e. The number of rotatable bonds is 1. The molecule has 0 saturated heterocycles. The number of aryl methyl sites for hydroxylation is 1. The predicted molar refractivity (Wildman–Crippen MR) is 62.6 cm³/mol. The fourth-order valence-corrected chi connectivity index (χ4v) is 2.33. The second-order valence-corrected chi connectivity index (χ2v) is 4.66. The van der Waals surface area contributed by atoms with Crippen LogP contribution in [0.15, 0.2) is 22.7 Å². The first-order valence-corrected chi connectivity index (χ1v) is 5.61. The van der Waals surface area contributed by atoms with Crippen molar-refractivity contribution in [2.45, 2.75) is 6.18 Å². The molecule has 18 heavy (non-hydrogen) atoms. The molecule has 0 fully saturated rings. The summed E-state index contributed by atoms with van der Waals surface area (Å²) in [5, 5.41) is 9.06. The highest BCUT2D eigenvalue weighted by molar-refractivity contribution is 9.10. The zero-order valence-electron chi connectivity index (χ0n) is 9.05. The molecule has 1 heterocycles. The van der Waals surface area contributed by atoms with Gasteiger partial charge in [0.05, 0.1) is 5.56 Å². The number of aromatic carboxylic acids is 1. The van der Waals surface area contributed by atoms with Gasteiger partial charge in [0, 0.05) is 22.4 Å². The summed E-state index contributed by atoms with van der Waals surface area (Å²) in [6, 6.07) is 4.38. The van der Waals surface area contributed by atoms with Crippen LogP contribution in [0.4, 0.5) is 13.2 Å². The molecule has 96 valence electrons. The zero-order chi connectivity index (χ0) is 13.7. The first-order chi connectivity index (χ1) is 8.23. The third-order valence-electron chi connectivity index (χ3n) is 2.64. The number of aromatic nitrogens is 1. The number of hydrogen-bond donors (Lipinski definition) is 1. The van der Waals surface area contributed by atoms with Gasteiger partial charge in [0.2, 0.25) is 0 Å². The van der Waals surface area contributed by atoms with Crippen molar-refractivity contribution in [3.8, 4) is 0 Å². The number of nitrogens with zero attached hydrogens (tertiary/aromatic N) is 1. The summed E-state index contributed by atoms with van der Waals surface area (Å²) < 4.78 is 40.1. The third-order valence-corrected chi connectivity index (χ3v) is 3.14. The molecule has 0 aliphatic carbocycles. The lowest BCUT2D eigenvalue weighted by molar-refractivity contribution is -0.143. The summed E-state index contributed by atoms with van der Waals surface area (Å²) in [5.74, 6) is -1.59. The Morgan fingerprint density at radius 2 is 2.00 bits per heavy atom. The van der Waals surface area contributed by atoms with Crippen LogP contribution in [0.3, 0.4) is 0 Å². The molecule has 0 spiro atoms. The van der Waals surface area contributed by atoms with E-state index in [1.165, 1.54) is 19.2 Å². The van der Waals surface area contributed by atoms with E-state index in [0.29, 0.717) is 4.47 Å². The van der Waals surface area contributed by atoms with Crippen molar-refractivity contribution in [1.29, 1.82) is 0 Å². The molecule has 0 unspecified atom stereocenters. The molecule has 0 radical (unpaired) electrons. The van der Waals surface area contributed by atoms with Gasteiger partial charge in [-0.25, -0.2) is 4.79 Å². The number of fused-ring (bicyclic) bond motifs is 1. The topological polar surface area (TPSA) is 42.2 Å². The molecule has 0 aliphatic rings. The third kappa shape index (κ3) is 1.88. The first kappa shape index (κ1) is 12.9. The van der Waals surface area contributed by atoms with Crippen LogP contribution in [-0.4, -0.2) is 15.6 Å². The van der Waals surface area contributed by atoms with E-state index in [0.717, 1.165) is 4.57 Å². The Hall–Kier alpha value is -1.50. The van der Waals surface area contributed by atoms with Gasteiger partial charge in [-0.05, 0) is 18.2 Å². The molecule has 0 atom stereocenters. The van der Waals surface area contributed by atoms with Crippen LogP contribution in [0.25, 0.3) is 10.9 Å². The number of carboxylic acids is 1. The summed E-state index contributed by atoms with van der Waals surface area (Å²) in [6.07, 6.45) is -4.71. The summed E-state index contributed by atoms with van der Waals surface area (Å²) in [6.45, 7) is 0. The molecule has 2 rings (SSSR count). The number of carbonyl (C=O) groups is 1. The Bertz CT molecular complexity index is 646. The molecular weight excluding hydrogens is 315 g/mol. The van der Waals surface area contributed by atoms with Crippen LogP contribution in [0.1, 0.15) is 16.1 Å². The number of alkyl halides is 3. The SMILES string of the molecule is Cn1c(C(F)(F)F)c(C(=O)O)c2cc(Br)ccc21. The summed E-state index contributed by atoms with van der Waals surface area (Å²) in [4.78, 5) is 11.1. The van der Waals surface area contributed by atoms with Gasteiger partial charge in [-0.3, -0.25) is 0 Å². The van der Waals surface area contributed by atoms with E-state index in [1.54, 1.807) is 6.07 Å². The van der Waals surface area contributed by atoms with E-state index < -0.39 is 23.4 Å². The van der Waals surface area contributed by atoms with Crippen molar-refractivity contribution in [3.05, 3.63) is 33.9 Å².